The van der Waals surface area contributed by atoms with Gasteiger partial charge >= 0.3 is 0 Å². The molecular formula is C11H12BrClN2O2. The van der Waals surface area contributed by atoms with E-state index in [1.807, 2.05) is 0 Å². The molecule has 0 aromatic heterocycles. The van der Waals surface area contributed by atoms with Crippen LogP contribution in [0.25, 0.3) is 0 Å². The Hall–Kier alpha value is -1.07. The molecular weight excluding hydrogens is 307 g/mol. The van der Waals surface area contributed by atoms with Gasteiger partial charge in [0.15, 0.2) is 0 Å². The van der Waals surface area contributed by atoms with E-state index in [-0.39, 0.29) is 11.8 Å². The van der Waals surface area contributed by atoms with E-state index in [2.05, 4.69) is 26.6 Å². The van der Waals surface area contributed by atoms with Gasteiger partial charge in [-0.25, -0.2) is 0 Å². The van der Waals surface area contributed by atoms with Crippen LogP contribution in [0.5, 0.6) is 0 Å². The third-order valence-corrected chi connectivity index (χ3v) is 3.40. The van der Waals surface area contributed by atoms with E-state index in [1.54, 1.807) is 19.1 Å². The fourth-order valence-electron chi connectivity index (χ4n) is 1.20. The quantitative estimate of drug-likeness (QED) is 0.895. The molecule has 2 N–H and O–H groups in total. The van der Waals surface area contributed by atoms with Crippen LogP contribution in [-0.2, 0) is 4.79 Å². The molecule has 0 fully saturated rings. The molecule has 1 atom stereocenters. The first-order valence-electron chi connectivity index (χ1n) is 4.93. The number of likely N-dealkylation sites (N-methyl/N-ethyl adjacent to an activating group) is 1. The van der Waals surface area contributed by atoms with Gasteiger partial charge in [0.2, 0.25) is 5.91 Å². The maximum atomic E-state index is 11.8. The predicted octanol–water partition coefficient (Wildman–Crippen LogP) is 1.97. The third-order valence-electron chi connectivity index (χ3n) is 2.17. The Morgan fingerprint density at radius 1 is 1.41 bits per heavy atom. The van der Waals surface area contributed by atoms with Crippen LogP contribution < -0.4 is 10.6 Å². The van der Waals surface area contributed by atoms with Crippen molar-refractivity contribution in [3.8, 4) is 0 Å². The zero-order valence-corrected chi connectivity index (χ0v) is 11.7. The van der Waals surface area contributed by atoms with Crippen LogP contribution in [-0.4, -0.2) is 24.9 Å². The number of benzene rings is 1. The van der Waals surface area contributed by atoms with Crippen molar-refractivity contribution in [3.05, 3.63) is 33.3 Å². The minimum Gasteiger partial charge on any atom is -0.357 e. The highest BCUT2D eigenvalue weighted by Gasteiger charge is 2.15. The van der Waals surface area contributed by atoms with Gasteiger partial charge in [0.25, 0.3) is 5.91 Å². The fourth-order valence-corrected chi connectivity index (χ4v) is 1.63. The first kappa shape index (κ1) is 14.0. The lowest BCUT2D eigenvalue weighted by Crippen LogP contribution is -2.43. The Balaban J connectivity index is 2.76. The number of carbonyl (C=O) groups is 2. The smallest absolute Gasteiger partial charge is 0.251 e. The summed E-state index contributed by atoms with van der Waals surface area (Å²) < 4.78 is 0.718. The number of hydrogen-bond donors (Lipinski definition) is 2. The van der Waals surface area contributed by atoms with Gasteiger partial charge in [-0.3, -0.25) is 9.59 Å². The lowest BCUT2D eigenvalue weighted by molar-refractivity contribution is -0.122. The second-order valence-electron chi connectivity index (χ2n) is 3.44. The number of nitrogens with one attached hydrogen (secondary N) is 2. The highest BCUT2D eigenvalue weighted by molar-refractivity contribution is 9.10. The summed E-state index contributed by atoms with van der Waals surface area (Å²) in [5.41, 5.74) is 0.411. The Kier molecular flexibility index (Phi) is 4.96. The summed E-state index contributed by atoms with van der Waals surface area (Å²) in [6.07, 6.45) is 0. The van der Waals surface area contributed by atoms with Crippen molar-refractivity contribution in [2.45, 2.75) is 13.0 Å². The van der Waals surface area contributed by atoms with E-state index < -0.39 is 6.04 Å². The zero-order chi connectivity index (χ0) is 13.0. The van der Waals surface area contributed by atoms with Crippen molar-refractivity contribution >= 4 is 39.3 Å². The van der Waals surface area contributed by atoms with E-state index in [4.69, 9.17) is 11.6 Å². The summed E-state index contributed by atoms with van der Waals surface area (Å²) in [5, 5.41) is 5.47. The van der Waals surface area contributed by atoms with Crippen LogP contribution in [0.4, 0.5) is 0 Å². The van der Waals surface area contributed by atoms with Crippen LogP contribution in [0.2, 0.25) is 5.02 Å². The van der Waals surface area contributed by atoms with Crippen molar-refractivity contribution in [2.75, 3.05) is 7.05 Å². The predicted molar refractivity (Wildman–Crippen MR) is 70.1 cm³/mol. The molecule has 0 saturated heterocycles. The summed E-state index contributed by atoms with van der Waals surface area (Å²) >= 11 is 9.11. The number of amides is 2. The fraction of sp³-hybridized carbons (Fsp3) is 0.273. The Morgan fingerprint density at radius 3 is 2.59 bits per heavy atom. The number of rotatable bonds is 3. The van der Waals surface area contributed by atoms with E-state index in [9.17, 15) is 9.59 Å². The van der Waals surface area contributed by atoms with Gasteiger partial charge in [0.1, 0.15) is 6.04 Å². The SMILES string of the molecule is CNC(=O)C(C)NC(=O)c1ccc(Br)c(Cl)c1. The molecule has 0 saturated carbocycles. The van der Waals surface area contributed by atoms with Crippen LogP contribution in [0.3, 0.4) is 0 Å². The van der Waals surface area contributed by atoms with Gasteiger partial charge in [-0.1, -0.05) is 11.6 Å². The summed E-state index contributed by atoms with van der Waals surface area (Å²) in [7, 11) is 1.52. The molecule has 2 amide bonds. The molecule has 0 spiro atoms. The van der Waals surface area contributed by atoms with Gasteiger partial charge in [0, 0.05) is 17.1 Å². The van der Waals surface area contributed by atoms with Crippen LogP contribution in [0.15, 0.2) is 22.7 Å². The molecule has 0 aliphatic rings. The maximum Gasteiger partial charge on any atom is 0.251 e. The van der Waals surface area contributed by atoms with Crippen molar-refractivity contribution < 1.29 is 9.59 Å². The van der Waals surface area contributed by atoms with Crippen molar-refractivity contribution in [1.29, 1.82) is 0 Å². The van der Waals surface area contributed by atoms with E-state index in [0.717, 1.165) is 4.47 Å². The molecule has 0 aliphatic heterocycles. The number of carbonyl (C=O) groups excluding carboxylic acids is 2. The molecule has 4 nitrogen and oxygen atoms in total. The zero-order valence-electron chi connectivity index (χ0n) is 9.38. The third kappa shape index (κ3) is 3.71. The molecule has 92 valence electrons. The monoisotopic (exact) mass is 318 g/mol. The topological polar surface area (TPSA) is 58.2 Å². The molecule has 0 bridgehead atoms. The van der Waals surface area contributed by atoms with Crippen molar-refractivity contribution in [1.82, 2.24) is 10.6 Å². The highest BCUT2D eigenvalue weighted by atomic mass is 79.9. The first-order valence-corrected chi connectivity index (χ1v) is 6.10. The van der Waals surface area contributed by atoms with E-state index >= 15 is 0 Å². The van der Waals surface area contributed by atoms with Gasteiger partial charge in [0.05, 0.1) is 5.02 Å². The molecule has 0 heterocycles. The summed E-state index contributed by atoms with van der Waals surface area (Å²) in [6.45, 7) is 1.61. The Morgan fingerprint density at radius 2 is 2.06 bits per heavy atom. The molecule has 17 heavy (non-hydrogen) atoms. The molecule has 0 aliphatic carbocycles. The van der Waals surface area contributed by atoms with Crippen molar-refractivity contribution in [2.24, 2.45) is 0 Å². The molecule has 1 rings (SSSR count). The number of hydrogen-bond acceptors (Lipinski definition) is 2. The lowest BCUT2D eigenvalue weighted by Gasteiger charge is -2.12. The van der Waals surface area contributed by atoms with Crippen LogP contribution >= 0.6 is 27.5 Å². The Bertz CT molecular complexity index is 451. The van der Waals surface area contributed by atoms with E-state index in [1.165, 1.54) is 13.1 Å². The largest absolute Gasteiger partial charge is 0.357 e. The van der Waals surface area contributed by atoms with Gasteiger partial charge in [-0.2, -0.15) is 0 Å². The summed E-state index contributed by atoms with van der Waals surface area (Å²) in [5.74, 6) is -0.586. The van der Waals surface area contributed by atoms with Crippen LogP contribution in [0.1, 0.15) is 17.3 Å². The molecule has 0 radical (unpaired) electrons. The van der Waals surface area contributed by atoms with Gasteiger partial charge < -0.3 is 10.6 Å². The first-order chi connectivity index (χ1) is 7.95. The molecule has 1 unspecified atom stereocenters. The minimum atomic E-state index is -0.588. The van der Waals surface area contributed by atoms with E-state index in [0.29, 0.717) is 10.6 Å². The Labute approximate surface area is 113 Å². The molecule has 1 aromatic carbocycles. The average molecular weight is 320 g/mol. The lowest BCUT2D eigenvalue weighted by atomic mass is 10.2. The van der Waals surface area contributed by atoms with Crippen molar-refractivity contribution in [3.63, 3.8) is 0 Å². The average Bonchev–Trinajstić information content (AvgIpc) is 2.31. The second-order valence-corrected chi connectivity index (χ2v) is 4.70. The normalized spacial score (nSPS) is 11.8. The summed E-state index contributed by atoms with van der Waals surface area (Å²) in [6, 6.07) is 4.26. The van der Waals surface area contributed by atoms with Gasteiger partial charge in [-0.15, -0.1) is 0 Å². The maximum absolute atomic E-state index is 11.8. The molecule has 6 heteroatoms. The number of halogens is 2. The molecule has 1 aromatic rings. The summed E-state index contributed by atoms with van der Waals surface area (Å²) in [4.78, 5) is 23.0. The highest BCUT2D eigenvalue weighted by Crippen LogP contribution is 2.23. The van der Waals surface area contributed by atoms with Crippen LogP contribution in [0, 0.1) is 0 Å². The minimum absolute atomic E-state index is 0.249. The van der Waals surface area contributed by atoms with Gasteiger partial charge in [-0.05, 0) is 41.1 Å². The second kappa shape index (κ2) is 6.02. The standard InChI is InChI=1S/C11H12BrClN2O2/c1-6(10(16)14-2)15-11(17)7-3-4-8(12)9(13)5-7/h3-6H,1-2H3,(H,14,16)(H,15,17).